The van der Waals surface area contributed by atoms with Crippen LogP contribution in [-0.4, -0.2) is 14.2 Å². The molecular weight excluding hydrogens is 323 g/mol. The summed E-state index contributed by atoms with van der Waals surface area (Å²) in [5.41, 5.74) is 2.67. The molecule has 0 saturated heterocycles. The van der Waals surface area contributed by atoms with E-state index in [-0.39, 0.29) is 4.21 Å². The van der Waals surface area contributed by atoms with E-state index in [4.69, 9.17) is 5.26 Å². The summed E-state index contributed by atoms with van der Waals surface area (Å²) >= 11 is 1.05. The zero-order valence-electron chi connectivity index (χ0n) is 11.7. The van der Waals surface area contributed by atoms with Gasteiger partial charge >= 0.3 is 0 Å². The number of hydrogen-bond donors (Lipinski definition) is 2. The number of aromatic nitrogens is 2. The molecule has 0 amide bonds. The summed E-state index contributed by atoms with van der Waals surface area (Å²) in [5.74, 6) is -0.721. The molecule has 8 heteroatoms. The Morgan fingerprint density at radius 3 is 2.86 bits per heavy atom. The third kappa shape index (κ3) is 2.38. The van der Waals surface area contributed by atoms with Crippen molar-refractivity contribution in [1.82, 2.24) is 9.97 Å². The third-order valence-electron chi connectivity index (χ3n) is 3.20. The molecule has 1 atom stereocenters. The van der Waals surface area contributed by atoms with Gasteiger partial charge in [-0.3, -0.25) is 4.72 Å². The van der Waals surface area contributed by atoms with Gasteiger partial charge in [-0.05, 0) is 25.5 Å². The maximum absolute atomic E-state index is 13.6. The van der Waals surface area contributed by atoms with Crippen LogP contribution >= 0.6 is 11.3 Å². The summed E-state index contributed by atoms with van der Waals surface area (Å²) in [6, 6.07) is 5.69. The number of nitrogens with one attached hydrogen (secondary N) is 2. The first-order valence-electron chi connectivity index (χ1n) is 6.33. The minimum absolute atomic E-state index is 0.0540. The Kier molecular flexibility index (Phi) is 3.68. The molecular formula is C14H11FN4OS2. The maximum atomic E-state index is 13.6. The van der Waals surface area contributed by atoms with Crippen molar-refractivity contribution >= 4 is 38.9 Å². The largest absolute Gasteiger partial charge is 0.358 e. The van der Waals surface area contributed by atoms with E-state index in [1.165, 1.54) is 0 Å². The SMILES string of the molecule is Cc1nc(F)c(S(=O)Nc2ccc(C)c3c(C#N)c[nH]c23)s1. The van der Waals surface area contributed by atoms with Crippen molar-refractivity contribution in [2.24, 2.45) is 0 Å². The molecule has 0 aliphatic carbocycles. The highest BCUT2D eigenvalue weighted by Gasteiger charge is 2.18. The number of nitrogens with zero attached hydrogens (tertiary/aromatic N) is 2. The van der Waals surface area contributed by atoms with Gasteiger partial charge in [0.15, 0.2) is 15.2 Å². The fourth-order valence-corrected chi connectivity index (χ4v) is 4.21. The summed E-state index contributed by atoms with van der Waals surface area (Å²) in [6.07, 6.45) is 1.60. The van der Waals surface area contributed by atoms with Crippen molar-refractivity contribution < 1.29 is 8.60 Å². The number of rotatable bonds is 3. The zero-order valence-corrected chi connectivity index (χ0v) is 13.4. The topological polar surface area (TPSA) is 81.6 Å². The van der Waals surface area contributed by atoms with E-state index in [1.54, 1.807) is 19.2 Å². The molecule has 5 nitrogen and oxygen atoms in total. The van der Waals surface area contributed by atoms with Gasteiger partial charge in [0.2, 0.25) is 5.95 Å². The minimum atomic E-state index is -1.75. The molecule has 2 aromatic heterocycles. The molecule has 1 aromatic carbocycles. The Morgan fingerprint density at radius 2 is 2.23 bits per heavy atom. The first kappa shape index (κ1) is 14.7. The van der Waals surface area contributed by atoms with E-state index in [2.05, 4.69) is 20.8 Å². The van der Waals surface area contributed by atoms with Crippen molar-refractivity contribution in [2.75, 3.05) is 4.72 Å². The van der Waals surface area contributed by atoms with Gasteiger partial charge in [0, 0.05) is 11.6 Å². The lowest BCUT2D eigenvalue weighted by Gasteiger charge is -2.07. The standard InChI is InChI=1S/C14H11FN4OS2/c1-7-3-4-10(12-11(7)9(5-16)6-17-12)19-22(20)14-13(15)18-8(2)21-14/h3-4,6,17,19H,1-2H3. The van der Waals surface area contributed by atoms with Crippen LogP contribution in [0.1, 0.15) is 16.1 Å². The van der Waals surface area contributed by atoms with Crippen LogP contribution in [0.15, 0.2) is 22.5 Å². The fourth-order valence-electron chi connectivity index (χ4n) is 2.24. The molecule has 0 aliphatic rings. The summed E-state index contributed by atoms with van der Waals surface area (Å²) in [6.45, 7) is 3.55. The van der Waals surface area contributed by atoms with Crippen LogP contribution in [0.25, 0.3) is 10.9 Å². The van der Waals surface area contributed by atoms with E-state index in [1.807, 2.05) is 13.0 Å². The van der Waals surface area contributed by atoms with Crippen molar-refractivity contribution in [3.05, 3.63) is 40.4 Å². The smallest absolute Gasteiger partial charge is 0.242 e. The zero-order chi connectivity index (χ0) is 15.9. The lowest BCUT2D eigenvalue weighted by Crippen LogP contribution is -2.05. The van der Waals surface area contributed by atoms with Crippen LogP contribution in [-0.2, 0) is 11.0 Å². The molecule has 3 aromatic rings. The van der Waals surface area contributed by atoms with Crippen LogP contribution in [0.3, 0.4) is 0 Å². The van der Waals surface area contributed by atoms with Crippen molar-refractivity contribution in [1.29, 1.82) is 5.26 Å². The number of H-pyrrole nitrogens is 1. The Bertz CT molecular complexity index is 938. The monoisotopic (exact) mass is 334 g/mol. The highest BCUT2D eigenvalue weighted by Crippen LogP contribution is 2.30. The Labute approximate surface area is 132 Å². The fraction of sp³-hybridized carbons (Fsp3) is 0.143. The second-order valence-corrected chi connectivity index (χ2v) is 7.29. The first-order valence-corrected chi connectivity index (χ1v) is 8.30. The van der Waals surface area contributed by atoms with Gasteiger partial charge in [0.1, 0.15) is 6.07 Å². The Balaban J connectivity index is 2.03. The first-order chi connectivity index (χ1) is 10.5. The van der Waals surface area contributed by atoms with Crippen molar-refractivity contribution in [3.8, 4) is 6.07 Å². The van der Waals surface area contributed by atoms with Crippen molar-refractivity contribution in [3.63, 3.8) is 0 Å². The van der Waals surface area contributed by atoms with Gasteiger partial charge in [-0.25, -0.2) is 9.19 Å². The van der Waals surface area contributed by atoms with Crippen LogP contribution in [0.4, 0.5) is 10.1 Å². The molecule has 2 N–H and O–H groups in total. The highest BCUT2D eigenvalue weighted by molar-refractivity contribution is 7.88. The third-order valence-corrected chi connectivity index (χ3v) is 5.55. The van der Waals surface area contributed by atoms with Gasteiger partial charge in [-0.1, -0.05) is 6.07 Å². The Morgan fingerprint density at radius 1 is 1.45 bits per heavy atom. The molecule has 0 radical (unpaired) electrons. The number of benzene rings is 1. The lowest BCUT2D eigenvalue weighted by atomic mass is 10.1. The molecule has 112 valence electrons. The van der Waals surface area contributed by atoms with Crippen LogP contribution < -0.4 is 4.72 Å². The predicted molar refractivity (Wildman–Crippen MR) is 84.6 cm³/mol. The Hall–Kier alpha value is -2.24. The van der Waals surface area contributed by atoms with E-state index in [0.29, 0.717) is 21.8 Å². The average molecular weight is 334 g/mol. The average Bonchev–Trinajstić information content (AvgIpc) is 3.05. The molecule has 0 saturated carbocycles. The number of anilines is 1. The maximum Gasteiger partial charge on any atom is 0.242 e. The predicted octanol–water partition coefficient (Wildman–Crippen LogP) is 3.39. The number of thiazole rings is 1. The van der Waals surface area contributed by atoms with Gasteiger partial charge in [-0.2, -0.15) is 9.65 Å². The molecule has 0 aliphatic heterocycles. The quantitative estimate of drug-likeness (QED) is 0.770. The number of halogens is 1. The summed E-state index contributed by atoms with van der Waals surface area (Å²) in [5, 5.41) is 10.4. The molecule has 1 unspecified atom stereocenters. The lowest BCUT2D eigenvalue weighted by molar-refractivity contribution is 0.565. The minimum Gasteiger partial charge on any atom is -0.358 e. The van der Waals surface area contributed by atoms with E-state index >= 15 is 0 Å². The number of fused-ring (bicyclic) bond motifs is 1. The molecule has 22 heavy (non-hydrogen) atoms. The van der Waals surface area contributed by atoms with Gasteiger partial charge < -0.3 is 4.98 Å². The molecule has 0 fully saturated rings. The normalized spacial score (nSPS) is 12.3. The molecule has 3 rings (SSSR count). The van der Waals surface area contributed by atoms with Crippen LogP contribution in [0, 0.1) is 31.1 Å². The highest BCUT2D eigenvalue weighted by atomic mass is 32.2. The van der Waals surface area contributed by atoms with Crippen molar-refractivity contribution in [2.45, 2.75) is 18.1 Å². The summed E-state index contributed by atoms with van der Waals surface area (Å²) in [7, 11) is -1.75. The van der Waals surface area contributed by atoms with Crippen LogP contribution in [0.5, 0.6) is 0 Å². The number of hydrogen-bond acceptors (Lipinski definition) is 4. The van der Waals surface area contributed by atoms with Gasteiger partial charge in [0.25, 0.3) is 0 Å². The van der Waals surface area contributed by atoms with Gasteiger partial charge in [-0.15, -0.1) is 11.3 Å². The number of aromatic amines is 1. The van der Waals surface area contributed by atoms with E-state index in [0.717, 1.165) is 22.3 Å². The number of nitriles is 1. The molecule has 0 spiro atoms. The molecule has 2 heterocycles. The molecule has 0 bridgehead atoms. The number of aryl methyl sites for hydroxylation is 2. The summed E-state index contributed by atoms with van der Waals surface area (Å²) < 4.78 is 28.8. The van der Waals surface area contributed by atoms with Gasteiger partial charge in [0.05, 0.1) is 21.8 Å². The second kappa shape index (κ2) is 5.51. The second-order valence-electron chi connectivity index (χ2n) is 4.68. The van der Waals surface area contributed by atoms with E-state index < -0.39 is 16.9 Å². The van der Waals surface area contributed by atoms with E-state index in [9.17, 15) is 8.60 Å². The van der Waals surface area contributed by atoms with Crippen LogP contribution in [0.2, 0.25) is 0 Å². The summed E-state index contributed by atoms with van der Waals surface area (Å²) in [4.78, 5) is 6.64.